The number of rotatable bonds is 5. The Balaban J connectivity index is 1.51. The van der Waals surface area contributed by atoms with Gasteiger partial charge in [0.1, 0.15) is 0 Å². The van der Waals surface area contributed by atoms with Crippen LogP contribution in [0.2, 0.25) is 0 Å². The van der Waals surface area contributed by atoms with Gasteiger partial charge >= 0.3 is 160 Å². The zero-order valence-corrected chi connectivity index (χ0v) is 16.2. The maximum atomic E-state index is 6.43. The molecule has 136 valence electrons. The van der Waals surface area contributed by atoms with Crippen molar-refractivity contribution in [2.24, 2.45) is 5.73 Å². The number of anilines is 4. The third-order valence-corrected chi connectivity index (χ3v) is 6.75. The molecular weight excluding hydrogens is 427 g/mol. The van der Waals surface area contributed by atoms with E-state index in [1.165, 1.54) is 5.56 Å². The molecule has 7 heteroatoms. The van der Waals surface area contributed by atoms with Gasteiger partial charge in [-0.15, -0.1) is 0 Å². The summed E-state index contributed by atoms with van der Waals surface area (Å²) >= 11 is -0.399. The van der Waals surface area contributed by atoms with Crippen molar-refractivity contribution in [3.8, 4) is 0 Å². The Bertz CT molecular complexity index is 722. The third-order valence-electron chi connectivity index (χ3n) is 4.79. The predicted molar refractivity (Wildman–Crippen MR) is 101 cm³/mol. The van der Waals surface area contributed by atoms with Crippen LogP contribution < -0.4 is 51.7 Å². The van der Waals surface area contributed by atoms with E-state index in [0.717, 1.165) is 30.6 Å². The van der Waals surface area contributed by atoms with Crippen molar-refractivity contribution in [1.82, 2.24) is 3.53 Å². The van der Waals surface area contributed by atoms with E-state index in [1.54, 1.807) is 0 Å². The summed E-state index contributed by atoms with van der Waals surface area (Å²) in [5, 5.41) is 0. The Morgan fingerprint density at radius 3 is 2.44 bits per heavy atom. The van der Waals surface area contributed by atoms with Gasteiger partial charge in [-0.3, -0.25) is 0 Å². The van der Waals surface area contributed by atoms with Crippen LogP contribution >= 0.6 is 0 Å². The van der Waals surface area contributed by atoms with Gasteiger partial charge < -0.3 is 0 Å². The molecule has 0 radical (unpaired) electrons. The number of nitrogens with two attached hydrogens (primary N) is 4. The van der Waals surface area contributed by atoms with Crippen LogP contribution in [0.3, 0.4) is 0 Å². The summed E-state index contributed by atoms with van der Waals surface area (Å²) in [5.41, 5.74) is 28.4. The number of nitrogens with one attached hydrogen (secondary N) is 2. The molecule has 0 aromatic heterocycles. The van der Waals surface area contributed by atoms with Crippen LogP contribution in [0.25, 0.3) is 0 Å². The fraction of sp³-hybridized carbons (Fsp3) is 0.333. The van der Waals surface area contributed by atoms with E-state index in [1.807, 2.05) is 36.4 Å². The molecule has 1 aliphatic carbocycles. The Kier molecular flexibility index (Phi) is 5.87. The molecule has 1 saturated carbocycles. The molecule has 3 unspecified atom stereocenters. The fourth-order valence-corrected chi connectivity index (χ4v) is 5.33. The molecule has 0 heterocycles. The summed E-state index contributed by atoms with van der Waals surface area (Å²) in [4.78, 5) is 0. The van der Waals surface area contributed by atoms with E-state index < -0.39 is 21.8 Å². The van der Waals surface area contributed by atoms with E-state index in [-0.39, 0.29) is 6.04 Å². The van der Waals surface area contributed by atoms with Gasteiger partial charge in [-0.1, -0.05) is 0 Å². The summed E-state index contributed by atoms with van der Waals surface area (Å²) < 4.78 is 7.04. The Morgan fingerprint density at radius 1 is 0.920 bits per heavy atom. The summed E-state index contributed by atoms with van der Waals surface area (Å²) in [6.45, 7) is 0. The Hall–Kier alpha value is -1.71. The molecular formula is C18H26IN6-. The van der Waals surface area contributed by atoms with Gasteiger partial charge in [-0.25, -0.2) is 0 Å². The first-order chi connectivity index (χ1) is 12.0. The zero-order valence-electron chi connectivity index (χ0n) is 14.1. The van der Waals surface area contributed by atoms with E-state index >= 15 is 0 Å². The standard InChI is InChI=1S/C18H26IN6/c20-13-7-5-11(9-15(13)22)12-6-8-18(16(23)10-12)25-19-24-17-4-2-1-3-14(17)21/h1-5,7,9,12,16,18,24-25H,6,8,10,20-23H2/q-1. The topological polar surface area (TPSA) is 128 Å². The molecule has 6 nitrogen and oxygen atoms in total. The van der Waals surface area contributed by atoms with E-state index in [9.17, 15) is 0 Å². The average molecular weight is 453 g/mol. The van der Waals surface area contributed by atoms with Crippen molar-refractivity contribution in [2.45, 2.75) is 37.3 Å². The number of nitrogen functional groups attached to an aromatic ring is 3. The van der Waals surface area contributed by atoms with Gasteiger partial charge in [0.25, 0.3) is 0 Å². The normalized spacial score (nSPS) is 23.5. The van der Waals surface area contributed by atoms with Crippen molar-refractivity contribution in [3.05, 3.63) is 48.0 Å². The molecule has 0 saturated heterocycles. The minimum absolute atomic E-state index is 0.132. The second kappa shape index (κ2) is 8.11. The second-order valence-electron chi connectivity index (χ2n) is 6.55. The minimum atomic E-state index is -0.399. The summed E-state index contributed by atoms with van der Waals surface area (Å²) in [6, 6.07) is 14.3. The van der Waals surface area contributed by atoms with Gasteiger partial charge in [-0.2, -0.15) is 0 Å². The molecule has 0 aliphatic heterocycles. The molecule has 1 aliphatic rings. The first-order valence-electron chi connectivity index (χ1n) is 8.44. The number of hydrogen-bond acceptors (Lipinski definition) is 6. The van der Waals surface area contributed by atoms with Gasteiger partial charge in [0.05, 0.1) is 0 Å². The van der Waals surface area contributed by atoms with Crippen LogP contribution in [0.4, 0.5) is 22.7 Å². The third kappa shape index (κ3) is 4.47. The molecule has 3 atom stereocenters. The number of para-hydroxylation sites is 2. The number of halogens is 1. The first kappa shape index (κ1) is 18.1. The van der Waals surface area contributed by atoms with E-state index in [2.05, 4.69) is 13.1 Å². The fourth-order valence-electron chi connectivity index (χ4n) is 3.22. The van der Waals surface area contributed by atoms with Gasteiger partial charge in [-0.05, 0) is 0 Å². The Labute approximate surface area is 159 Å². The van der Waals surface area contributed by atoms with Crippen LogP contribution in [0.15, 0.2) is 42.5 Å². The average Bonchev–Trinajstić information content (AvgIpc) is 2.60. The second-order valence-corrected chi connectivity index (χ2v) is 8.26. The molecule has 0 amide bonds. The summed E-state index contributed by atoms with van der Waals surface area (Å²) in [6.07, 6.45) is 3.12. The van der Waals surface area contributed by atoms with Crippen molar-refractivity contribution in [1.29, 1.82) is 0 Å². The van der Waals surface area contributed by atoms with Crippen molar-refractivity contribution < 1.29 is 21.8 Å². The SMILES string of the molecule is Nc1ccc(C2CCC(N[I-]Nc3ccccc3N)C(N)C2)cc1N. The Morgan fingerprint density at radius 2 is 1.72 bits per heavy atom. The zero-order chi connectivity index (χ0) is 17.8. The van der Waals surface area contributed by atoms with Gasteiger partial charge in [0.15, 0.2) is 0 Å². The molecule has 0 bridgehead atoms. The van der Waals surface area contributed by atoms with E-state index in [0.29, 0.717) is 23.3 Å². The quantitative estimate of drug-likeness (QED) is 0.196. The molecule has 2 aromatic rings. The van der Waals surface area contributed by atoms with Crippen LogP contribution in [-0.2, 0) is 0 Å². The summed E-state index contributed by atoms with van der Waals surface area (Å²) in [7, 11) is 0. The first-order valence-corrected chi connectivity index (χ1v) is 10.6. The van der Waals surface area contributed by atoms with Crippen LogP contribution in [-0.4, -0.2) is 12.1 Å². The molecule has 25 heavy (non-hydrogen) atoms. The number of benzene rings is 2. The van der Waals surface area contributed by atoms with E-state index in [4.69, 9.17) is 22.9 Å². The van der Waals surface area contributed by atoms with Gasteiger partial charge in [0, 0.05) is 0 Å². The van der Waals surface area contributed by atoms with Crippen molar-refractivity contribution in [2.75, 3.05) is 20.7 Å². The number of hydrogen-bond donors (Lipinski definition) is 6. The predicted octanol–water partition coefficient (Wildman–Crippen LogP) is -0.983. The monoisotopic (exact) mass is 453 g/mol. The van der Waals surface area contributed by atoms with Crippen LogP contribution in [0.5, 0.6) is 0 Å². The molecule has 10 N–H and O–H groups in total. The van der Waals surface area contributed by atoms with Crippen molar-refractivity contribution in [3.63, 3.8) is 0 Å². The molecule has 0 spiro atoms. The maximum absolute atomic E-state index is 6.43. The van der Waals surface area contributed by atoms with Crippen molar-refractivity contribution >= 4 is 22.7 Å². The van der Waals surface area contributed by atoms with Gasteiger partial charge in [0.2, 0.25) is 0 Å². The summed E-state index contributed by atoms with van der Waals surface area (Å²) in [5.74, 6) is 0.451. The molecule has 2 aromatic carbocycles. The van der Waals surface area contributed by atoms with Crippen LogP contribution in [0, 0.1) is 0 Å². The molecule has 1 fully saturated rings. The van der Waals surface area contributed by atoms with Crippen LogP contribution in [0.1, 0.15) is 30.7 Å². The molecule has 3 rings (SSSR count).